The number of hydrogen-bond acceptors (Lipinski definition) is 6. The molecule has 7 heteroatoms. The predicted octanol–water partition coefficient (Wildman–Crippen LogP) is 3.40. The summed E-state index contributed by atoms with van der Waals surface area (Å²) in [6.07, 6.45) is 1.28. The van der Waals surface area contributed by atoms with Crippen LogP contribution in [0.3, 0.4) is 0 Å². The summed E-state index contributed by atoms with van der Waals surface area (Å²) in [5.74, 6) is 0.804. The van der Waals surface area contributed by atoms with E-state index < -0.39 is 0 Å². The highest BCUT2D eigenvalue weighted by atomic mass is 35.5. The van der Waals surface area contributed by atoms with E-state index >= 15 is 0 Å². The van der Waals surface area contributed by atoms with E-state index in [2.05, 4.69) is 21.4 Å². The van der Waals surface area contributed by atoms with Gasteiger partial charge in [0.25, 0.3) is 0 Å². The van der Waals surface area contributed by atoms with Gasteiger partial charge in [0, 0.05) is 0 Å². The van der Waals surface area contributed by atoms with Crippen molar-refractivity contribution in [2.24, 2.45) is 0 Å². The number of anilines is 2. The number of hydrogen-bond donors (Lipinski definition) is 1. The van der Waals surface area contributed by atoms with Crippen LogP contribution in [0.2, 0.25) is 5.28 Å². The van der Waals surface area contributed by atoms with Crippen molar-refractivity contribution < 1.29 is 4.74 Å². The molecule has 0 bridgehead atoms. The molecule has 0 fully saturated rings. The largest absolute Gasteiger partial charge is 0.489 e. The van der Waals surface area contributed by atoms with Gasteiger partial charge < -0.3 is 10.1 Å². The van der Waals surface area contributed by atoms with Gasteiger partial charge in [-0.25, -0.2) is 4.98 Å². The van der Waals surface area contributed by atoms with E-state index in [1.54, 1.807) is 18.2 Å². The number of halogens is 1. The number of nitriles is 2. The molecule has 2 rings (SSSR count). The van der Waals surface area contributed by atoms with E-state index in [0.29, 0.717) is 17.0 Å². The first-order chi connectivity index (χ1) is 10.5. The summed E-state index contributed by atoms with van der Waals surface area (Å²) in [5, 5.41) is 21.1. The number of benzene rings is 1. The Bertz CT molecular complexity index is 776. The van der Waals surface area contributed by atoms with Gasteiger partial charge in [0.15, 0.2) is 5.82 Å². The van der Waals surface area contributed by atoms with Gasteiger partial charge >= 0.3 is 0 Å². The van der Waals surface area contributed by atoms with Crippen molar-refractivity contribution >= 4 is 23.1 Å². The molecule has 6 nitrogen and oxygen atoms in total. The zero-order valence-corrected chi connectivity index (χ0v) is 12.7. The highest BCUT2D eigenvalue weighted by molar-refractivity contribution is 6.28. The first kappa shape index (κ1) is 15.6. The highest BCUT2D eigenvalue weighted by Gasteiger charge is 2.12. The monoisotopic (exact) mass is 313 g/mol. The number of ether oxygens (including phenoxy) is 1. The zero-order valence-electron chi connectivity index (χ0n) is 12.0. The molecule has 0 unspecified atom stereocenters. The number of nitrogens with zero attached hydrogens (tertiary/aromatic N) is 4. The van der Waals surface area contributed by atoms with E-state index in [9.17, 15) is 0 Å². The summed E-state index contributed by atoms with van der Waals surface area (Å²) in [6, 6.07) is 9.00. The molecular weight excluding hydrogens is 302 g/mol. The first-order valence-electron chi connectivity index (χ1n) is 6.44. The molecule has 1 N–H and O–H groups in total. The summed E-state index contributed by atoms with van der Waals surface area (Å²) < 4.78 is 5.69. The van der Waals surface area contributed by atoms with Crippen molar-refractivity contribution in [1.29, 1.82) is 10.5 Å². The minimum Gasteiger partial charge on any atom is -0.489 e. The van der Waals surface area contributed by atoms with Crippen LogP contribution < -0.4 is 10.1 Å². The smallest absolute Gasteiger partial charge is 0.224 e. The van der Waals surface area contributed by atoms with E-state index in [1.807, 2.05) is 19.9 Å². The molecule has 0 aliphatic rings. The Morgan fingerprint density at radius 3 is 2.68 bits per heavy atom. The predicted molar refractivity (Wildman–Crippen MR) is 82.0 cm³/mol. The molecule has 0 radical (unpaired) electrons. The molecule has 0 atom stereocenters. The van der Waals surface area contributed by atoms with Crippen LogP contribution in [0.5, 0.6) is 5.75 Å². The van der Waals surface area contributed by atoms with Crippen molar-refractivity contribution in [2.75, 3.05) is 5.32 Å². The Labute approximate surface area is 133 Å². The zero-order chi connectivity index (χ0) is 16.1. The molecule has 1 heterocycles. The Morgan fingerprint density at radius 2 is 2.05 bits per heavy atom. The highest BCUT2D eigenvalue weighted by Crippen LogP contribution is 2.30. The van der Waals surface area contributed by atoms with Gasteiger partial charge in [0.05, 0.1) is 29.6 Å². The van der Waals surface area contributed by atoms with Crippen LogP contribution in [0.4, 0.5) is 11.5 Å². The maximum Gasteiger partial charge on any atom is 0.224 e. The second kappa shape index (κ2) is 6.75. The van der Waals surface area contributed by atoms with Crippen LogP contribution in [-0.4, -0.2) is 16.1 Å². The normalized spacial score (nSPS) is 9.91. The molecule has 0 spiro atoms. The quantitative estimate of drug-likeness (QED) is 0.869. The fourth-order valence-electron chi connectivity index (χ4n) is 1.72. The molecule has 22 heavy (non-hydrogen) atoms. The van der Waals surface area contributed by atoms with Gasteiger partial charge in [-0.05, 0) is 43.6 Å². The van der Waals surface area contributed by atoms with Crippen LogP contribution in [0, 0.1) is 22.7 Å². The van der Waals surface area contributed by atoms with Crippen molar-refractivity contribution in [3.8, 4) is 17.9 Å². The summed E-state index contributed by atoms with van der Waals surface area (Å²) in [4.78, 5) is 7.76. The minimum absolute atomic E-state index is 0.0178. The van der Waals surface area contributed by atoms with Gasteiger partial charge in [-0.1, -0.05) is 0 Å². The van der Waals surface area contributed by atoms with Crippen LogP contribution in [-0.2, 0) is 0 Å². The maximum absolute atomic E-state index is 9.11. The third-order valence-electron chi connectivity index (χ3n) is 2.60. The van der Waals surface area contributed by atoms with Crippen molar-refractivity contribution in [2.45, 2.75) is 20.0 Å². The van der Waals surface area contributed by atoms with Crippen LogP contribution in [0.1, 0.15) is 25.0 Å². The van der Waals surface area contributed by atoms with Gasteiger partial charge in [0.1, 0.15) is 17.4 Å². The second-order valence-corrected chi connectivity index (χ2v) is 4.97. The summed E-state index contributed by atoms with van der Waals surface area (Å²) in [6.45, 7) is 3.79. The molecule has 2 aromatic rings. The van der Waals surface area contributed by atoms with Crippen LogP contribution in [0.15, 0.2) is 24.4 Å². The maximum atomic E-state index is 9.11. The lowest BCUT2D eigenvalue weighted by Crippen LogP contribution is -2.08. The van der Waals surface area contributed by atoms with E-state index in [1.165, 1.54) is 6.20 Å². The van der Waals surface area contributed by atoms with Crippen molar-refractivity contribution in [3.05, 3.63) is 40.8 Å². The molecule has 0 amide bonds. The van der Waals surface area contributed by atoms with Crippen molar-refractivity contribution in [1.82, 2.24) is 9.97 Å². The van der Waals surface area contributed by atoms with E-state index in [4.69, 9.17) is 26.9 Å². The molecule has 0 aliphatic carbocycles. The fraction of sp³-hybridized carbons (Fsp3) is 0.200. The van der Waals surface area contributed by atoms with Gasteiger partial charge in [-0.15, -0.1) is 0 Å². The topological polar surface area (TPSA) is 94.6 Å². The molecule has 1 aromatic carbocycles. The standard InChI is InChI=1S/C15H12ClN5O/c1-9(2)22-13-4-3-10(6-17)5-12(13)20-14-11(7-18)8-19-15(16)21-14/h3-5,8-9H,1-2H3,(H,19,20,21). The number of aromatic nitrogens is 2. The minimum atomic E-state index is -0.0436. The van der Waals surface area contributed by atoms with E-state index in [-0.39, 0.29) is 22.8 Å². The third kappa shape index (κ3) is 3.63. The van der Waals surface area contributed by atoms with Crippen LogP contribution >= 0.6 is 11.6 Å². The Hall–Kier alpha value is -2.83. The number of nitrogens with one attached hydrogen (secondary N) is 1. The van der Waals surface area contributed by atoms with Crippen molar-refractivity contribution in [3.63, 3.8) is 0 Å². The lowest BCUT2D eigenvalue weighted by atomic mass is 10.2. The van der Waals surface area contributed by atoms with Gasteiger partial charge in [-0.3, -0.25) is 0 Å². The van der Waals surface area contributed by atoms with Gasteiger partial charge in [0.2, 0.25) is 5.28 Å². The molecule has 0 saturated heterocycles. The summed E-state index contributed by atoms with van der Waals surface area (Å²) >= 11 is 5.77. The summed E-state index contributed by atoms with van der Waals surface area (Å²) in [7, 11) is 0. The lowest BCUT2D eigenvalue weighted by Gasteiger charge is -2.16. The molecular formula is C15H12ClN5O. The molecule has 0 saturated carbocycles. The number of rotatable bonds is 4. The fourth-order valence-corrected chi connectivity index (χ4v) is 1.85. The second-order valence-electron chi connectivity index (χ2n) is 4.63. The Kier molecular flexibility index (Phi) is 4.77. The SMILES string of the molecule is CC(C)Oc1ccc(C#N)cc1Nc1nc(Cl)ncc1C#N. The first-order valence-corrected chi connectivity index (χ1v) is 6.81. The van der Waals surface area contributed by atoms with Crippen LogP contribution in [0.25, 0.3) is 0 Å². The molecule has 110 valence electrons. The third-order valence-corrected chi connectivity index (χ3v) is 2.79. The molecule has 0 aliphatic heterocycles. The summed E-state index contributed by atoms with van der Waals surface area (Å²) in [5.41, 5.74) is 1.22. The Morgan fingerprint density at radius 1 is 1.27 bits per heavy atom. The van der Waals surface area contributed by atoms with E-state index in [0.717, 1.165) is 0 Å². The lowest BCUT2D eigenvalue weighted by molar-refractivity contribution is 0.244. The Balaban J connectivity index is 2.46. The average Bonchev–Trinajstić information content (AvgIpc) is 2.49. The average molecular weight is 314 g/mol. The molecule has 1 aromatic heterocycles. The van der Waals surface area contributed by atoms with Gasteiger partial charge in [-0.2, -0.15) is 15.5 Å².